The highest BCUT2D eigenvalue weighted by Gasteiger charge is 2.32. The van der Waals surface area contributed by atoms with E-state index in [1.165, 1.54) is 23.5 Å². The van der Waals surface area contributed by atoms with Crippen molar-refractivity contribution in [1.29, 1.82) is 0 Å². The van der Waals surface area contributed by atoms with Crippen molar-refractivity contribution in [2.75, 3.05) is 30.3 Å². The van der Waals surface area contributed by atoms with Gasteiger partial charge >= 0.3 is 6.18 Å². The number of alkyl halides is 3. The Morgan fingerprint density at radius 3 is 2.47 bits per heavy atom. The largest absolute Gasteiger partial charge is 0.494 e. The van der Waals surface area contributed by atoms with Gasteiger partial charge in [0, 0.05) is 30.8 Å². The first-order valence-electron chi connectivity index (χ1n) is 14.7. The molecule has 8 nitrogen and oxygen atoms in total. The number of rotatable bonds is 12. The van der Waals surface area contributed by atoms with Gasteiger partial charge in [-0.15, -0.1) is 0 Å². The van der Waals surface area contributed by atoms with Crippen molar-refractivity contribution < 1.29 is 36.2 Å². The van der Waals surface area contributed by atoms with Crippen molar-refractivity contribution in [2.45, 2.75) is 51.1 Å². The molecule has 0 aliphatic carbocycles. The fraction of sp³-hybridized carbons (Fsp3) is 0.364. The SMILES string of the molecule is C/C=C/c1cc(C(=O)N[C@@H](Cc2ccccc2)[C@H](O)CNCc2cccc(C(F)(F)F)c2)cc(N2CCCCS2(=O)=O)c1OC. The number of hydrogen-bond donors (Lipinski definition) is 3. The zero-order valence-corrected chi connectivity index (χ0v) is 26.0. The molecule has 1 amide bonds. The molecular weight excluding hydrogens is 607 g/mol. The first-order chi connectivity index (χ1) is 21.4. The molecule has 3 aromatic carbocycles. The van der Waals surface area contributed by atoms with Crippen LogP contribution in [0.5, 0.6) is 5.75 Å². The molecule has 3 aromatic rings. The number of aliphatic hydroxyl groups is 1. The fourth-order valence-electron chi connectivity index (χ4n) is 5.30. The van der Waals surface area contributed by atoms with Gasteiger partial charge in [0.1, 0.15) is 5.75 Å². The summed E-state index contributed by atoms with van der Waals surface area (Å²) in [4.78, 5) is 13.7. The summed E-state index contributed by atoms with van der Waals surface area (Å²) in [6.45, 7) is 2.11. The summed E-state index contributed by atoms with van der Waals surface area (Å²) >= 11 is 0. The molecule has 242 valence electrons. The van der Waals surface area contributed by atoms with Crippen LogP contribution in [0.2, 0.25) is 0 Å². The quantitative estimate of drug-likeness (QED) is 0.251. The van der Waals surface area contributed by atoms with E-state index in [0.717, 1.165) is 17.7 Å². The van der Waals surface area contributed by atoms with Crippen LogP contribution in [0.4, 0.5) is 18.9 Å². The van der Waals surface area contributed by atoms with Crippen LogP contribution in [-0.4, -0.2) is 57.5 Å². The maximum atomic E-state index is 13.7. The molecule has 0 saturated carbocycles. The lowest BCUT2D eigenvalue weighted by Crippen LogP contribution is -2.48. The number of nitrogens with zero attached hydrogens (tertiary/aromatic N) is 1. The standard InChI is InChI=1S/C33H38F3N3O5S/c1-3-10-25-19-26(20-29(31(25)44-2)39-15-7-8-16-45(39,42)43)32(41)38-28(18-23-11-5-4-6-12-23)30(40)22-37-21-24-13-9-14-27(17-24)33(34,35)36/h3-6,9-14,17,19-20,28,30,37,40H,7-8,15-16,18,21-22H2,1-2H3,(H,38,41)/b10-3+/t28-,30+/m0/s1. The molecule has 45 heavy (non-hydrogen) atoms. The predicted molar refractivity (Wildman–Crippen MR) is 169 cm³/mol. The van der Waals surface area contributed by atoms with Crippen LogP contribution in [-0.2, 0) is 29.2 Å². The third-order valence-corrected chi connectivity index (χ3v) is 9.40. The molecule has 3 N–H and O–H groups in total. The number of carbonyl (C=O) groups is 1. The molecule has 1 saturated heterocycles. The number of allylic oxidation sites excluding steroid dienone is 1. The number of carbonyl (C=O) groups excluding carboxylic acids is 1. The Hall–Kier alpha value is -3.87. The lowest BCUT2D eigenvalue weighted by atomic mass is 9.99. The van der Waals surface area contributed by atoms with Gasteiger partial charge < -0.3 is 20.5 Å². The lowest BCUT2D eigenvalue weighted by Gasteiger charge is -2.30. The van der Waals surface area contributed by atoms with Gasteiger partial charge in [-0.2, -0.15) is 13.2 Å². The molecule has 2 atom stereocenters. The van der Waals surface area contributed by atoms with E-state index < -0.39 is 39.8 Å². The highest BCUT2D eigenvalue weighted by atomic mass is 32.2. The van der Waals surface area contributed by atoms with Crippen molar-refractivity contribution in [3.05, 3.63) is 101 Å². The van der Waals surface area contributed by atoms with E-state index in [4.69, 9.17) is 4.74 Å². The van der Waals surface area contributed by atoms with Crippen LogP contribution < -0.4 is 19.7 Å². The predicted octanol–water partition coefficient (Wildman–Crippen LogP) is 5.17. The number of amides is 1. The van der Waals surface area contributed by atoms with Crippen LogP contribution in [0.3, 0.4) is 0 Å². The van der Waals surface area contributed by atoms with Crippen molar-refractivity contribution in [3.8, 4) is 5.75 Å². The zero-order chi connectivity index (χ0) is 32.6. The number of ether oxygens (including phenoxy) is 1. The normalized spacial score (nSPS) is 16.4. The first kappa shape index (κ1) is 34.0. The molecule has 1 aliphatic heterocycles. The van der Waals surface area contributed by atoms with E-state index in [1.807, 2.05) is 30.3 Å². The molecule has 0 spiro atoms. The average Bonchev–Trinajstić information content (AvgIpc) is 3.00. The Labute approximate surface area is 262 Å². The third kappa shape index (κ3) is 8.86. The second-order valence-corrected chi connectivity index (χ2v) is 12.9. The molecule has 0 aromatic heterocycles. The lowest BCUT2D eigenvalue weighted by molar-refractivity contribution is -0.137. The molecule has 1 heterocycles. The van der Waals surface area contributed by atoms with E-state index in [-0.39, 0.29) is 43.1 Å². The topological polar surface area (TPSA) is 108 Å². The summed E-state index contributed by atoms with van der Waals surface area (Å²) in [6, 6.07) is 16.5. The summed E-state index contributed by atoms with van der Waals surface area (Å²) < 4.78 is 72.3. The van der Waals surface area contributed by atoms with Crippen molar-refractivity contribution >= 4 is 27.7 Å². The molecule has 0 unspecified atom stereocenters. The number of methoxy groups -OCH3 is 1. The maximum absolute atomic E-state index is 13.7. The van der Waals surface area contributed by atoms with Crippen molar-refractivity contribution in [3.63, 3.8) is 0 Å². The van der Waals surface area contributed by atoms with Crippen LogP contribution in [0.25, 0.3) is 6.08 Å². The Morgan fingerprint density at radius 2 is 1.80 bits per heavy atom. The highest BCUT2D eigenvalue weighted by molar-refractivity contribution is 7.92. The average molecular weight is 646 g/mol. The van der Waals surface area contributed by atoms with Crippen molar-refractivity contribution in [2.24, 2.45) is 0 Å². The van der Waals surface area contributed by atoms with E-state index in [1.54, 1.807) is 31.2 Å². The van der Waals surface area contributed by atoms with Crippen LogP contribution >= 0.6 is 0 Å². The summed E-state index contributed by atoms with van der Waals surface area (Å²) in [5.41, 5.74) is 1.46. The van der Waals surface area contributed by atoms with Gasteiger partial charge in [-0.3, -0.25) is 9.10 Å². The maximum Gasteiger partial charge on any atom is 0.416 e. The summed E-state index contributed by atoms with van der Waals surface area (Å²) in [5, 5.41) is 17.1. The minimum Gasteiger partial charge on any atom is -0.494 e. The second-order valence-electron chi connectivity index (χ2n) is 10.9. The second kappa shape index (κ2) is 14.9. The third-order valence-electron chi connectivity index (χ3n) is 7.54. The van der Waals surface area contributed by atoms with Gasteiger partial charge in [0.2, 0.25) is 10.0 Å². The molecule has 1 aliphatic rings. The fourth-order valence-corrected chi connectivity index (χ4v) is 6.94. The number of aliphatic hydroxyl groups excluding tert-OH is 1. The van der Waals surface area contributed by atoms with Crippen LogP contribution in [0.1, 0.15) is 52.4 Å². The number of benzene rings is 3. The smallest absolute Gasteiger partial charge is 0.416 e. The van der Waals surface area contributed by atoms with Gasteiger partial charge in [0.25, 0.3) is 5.91 Å². The van der Waals surface area contributed by atoms with Crippen LogP contribution in [0, 0.1) is 0 Å². The summed E-state index contributed by atoms with van der Waals surface area (Å²) in [7, 11) is -2.17. The zero-order valence-electron chi connectivity index (χ0n) is 25.2. The molecule has 0 bridgehead atoms. The Bertz CT molecular complexity index is 1600. The van der Waals surface area contributed by atoms with Crippen molar-refractivity contribution in [1.82, 2.24) is 10.6 Å². The Kier molecular flexibility index (Phi) is 11.3. The molecule has 1 fully saturated rings. The van der Waals surface area contributed by atoms with E-state index in [0.29, 0.717) is 29.7 Å². The first-order valence-corrected chi connectivity index (χ1v) is 16.3. The van der Waals surface area contributed by atoms with Gasteiger partial charge in [-0.1, -0.05) is 60.7 Å². The van der Waals surface area contributed by atoms with Gasteiger partial charge in [-0.05, 0) is 55.5 Å². The highest BCUT2D eigenvalue weighted by Crippen LogP contribution is 2.38. The number of sulfonamides is 1. The summed E-state index contributed by atoms with van der Waals surface area (Å²) in [6.07, 6.45) is -0.622. The van der Waals surface area contributed by atoms with E-state index >= 15 is 0 Å². The van der Waals surface area contributed by atoms with E-state index in [9.17, 15) is 31.5 Å². The number of anilines is 1. The molecular formula is C33H38F3N3O5S. The molecule has 4 rings (SSSR count). The number of halogens is 3. The number of nitrogens with one attached hydrogen (secondary N) is 2. The van der Waals surface area contributed by atoms with E-state index in [2.05, 4.69) is 10.6 Å². The van der Waals surface area contributed by atoms with Crippen LogP contribution in [0.15, 0.2) is 72.8 Å². The number of hydrogen-bond acceptors (Lipinski definition) is 6. The Morgan fingerprint density at radius 1 is 1.07 bits per heavy atom. The molecule has 12 heteroatoms. The van der Waals surface area contributed by atoms with Gasteiger partial charge in [-0.25, -0.2) is 8.42 Å². The monoisotopic (exact) mass is 645 g/mol. The Balaban J connectivity index is 1.58. The summed E-state index contributed by atoms with van der Waals surface area (Å²) in [5.74, 6) is -0.212. The minimum absolute atomic E-state index is 0.00955. The van der Waals surface area contributed by atoms with Gasteiger partial charge in [0.05, 0.1) is 36.3 Å². The molecule has 0 radical (unpaired) electrons. The van der Waals surface area contributed by atoms with Gasteiger partial charge in [0.15, 0.2) is 0 Å². The minimum atomic E-state index is -4.47.